The van der Waals surface area contributed by atoms with E-state index in [9.17, 15) is 0 Å². The van der Waals surface area contributed by atoms with Crippen LogP contribution in [0.1, 0.15) is 75.0 Å². The van der Waals surface area contributed by atoms with Gasteiger partial charge in [-0.3, -0.25) is 4.57 Å². The van der Waals surface area contributed by atoms with Gasteiger partial charge in [0.25, 0.3) is 0 Å². The Balaban J connectivity index is 1.38. The van der Waals surface area contributed by atoms with Gasteiger partial charge in [0, 0.05) is 0 Å². The van der Waals surface area contributed by atoms with Crippen molar-refractivity contribution >= 4 is 34.9 Å². The summed E-state index contributed by atoms with van der Waals surface area (Å²) in [4.78, 5) is 5.20. The van der Waals surface area contributed by atoms with Crippen LogP contribution in [0.25, 0.3) is 16.7 Å². The second-order valence-corrected chi connectivity index (χ2v) is 14.1. The second kappa shape index (κ2) is 12.8. The third kappa shape index (κ3) is 5.85. The number of aromatic nitrogens is 2. The molecule has 0 radical (unpaired) electrons. The third-order valence-electron chi connectivity index (χ3n) is 8.32. The van der Waals surface area contributed by atoms with Gasteiger partial charge in [-0.15, -0.1) is 10.9 Å². The molecule has 5 aromatic carbocycles. The van der Waals surface area contributed by atoms with Crippen molar-refractivity contribution in [2.45, 2.75) is 59.0 Å². The molecule has 218 valence electrons. The summed E-state index contributed by atoms with van der Waals surface area (Å²) in [7, 11) is -0.670. The Morgan fingerprint density at radius 1 is 0.674 bits per heavy atom. The molecule has 0 aliphatic heterocycles. The molecule has 43 heavy (non-hydrogen) atoms. The number of imidazole rings is 1. The number of nitrogens with zero attached hydrogens (tertiary/aromatic N) is 2. The molecule has 6 aromatic rings. The molecular formula is C39H41N3P-. The first-order chi connectivity index (χ1) is 20.9. The largest absolute Gasteiger partial charge is 0.314 e. The van der Waals surface area contributed by atoms with Crippen LogP contribution in [0.15, 0.2) is 121 Å². The van der Waals surface area contributed by atoms with E-state index in [0.717, 1.165) is 16.9 Å². The van der Waals surface area contributed by atoms with E-state index in [0.29, 0.717) is 18.4 Å². The van der Waals surface area contributed by atoms with Crippen molar-refractivity contribution in [3.63, 3.8) is 0 Å². The van der Waals surface area contributed by atoms with Gasteiger partial charge in [-0.2, -0.15) is 6.07 Å². The van der Waals surface area contributed by atoms with E-state index in [1.54, 1.807) is 0 Å². The topological polar surface area (TPSA) is 29.9 Å². The smallest absolute Gasteiger partial charge is 0.128 e. The molecule has 6 rings (SSSR count). The van der Waals surface area contributed by atoms with E-state index in [-0.39, 0.29) is 6.04 Å². The Hall–Kier alpha value is -3.91. The summed E-state index contributed by atoms with van der Waals surface area (Å²) in [5.74, 6) is 1.85. The molecule has 0 aliphatic carbocycles. The summed E-state index contributed by atoms with van der Waals surface area (Å²) in [5.41, 5.74) is 7.55. The average molecular weight is 583 g/mol. The maximum atomic E-state index is 5.20. The van der Waals surface area contributed by atoms with Gasteiger partial charge in [0.1, 0.15) is 5.82 Å². The van der Waals surface area contributed by atoms with Crippen molar-refractivity contribution in [2.24, 2.45) is 0 Å². The molecule has 0 aliphatic rings. The second-order valence-electron chi connectivity index (χ2n) is 11.9. The predicted molar refractivity (Wildman–Crippen MR) is 185 cm³/mol. The summed E-state index contributed by atoms with van der Waals surface area (Å²) in [6, 6.07) is 44.2. The summed E-state index contributed by atoms with van der Waals surface area (Å²) in [6.45, 7) is 12.1. The molecule has 0 amide bonds. The Morgan fingerprint density at radius 2 is 1.26 bits per heavy atom. The van der Waals surface area contributed by atoms with Gasteiger partial charge in [0.2, 0.25) is 0 Å². The molecule has 0 bridgehead atoms. The summed E-state index contributed by atoms with van der Waals surface area (Å²) >= 11 is 0. The highest BCUT2D eigenvalue weighted by molar-refractivity contribution is 7.79. The fraction of sp³-hybridized carbons (Fsp3) is 0.231. The molecule has 0 saturated heterocycles. The van der Waals surface area contributed by atoms with E-state index in [1.165, 1.54) is 38.3 Å². The van der Waals surface area contributed by atoms with Gasteiger partial charge in [0.05, 0.1) is 23.3 Å². The highest BCUT2D eigenvalue weighted by Crippen LogP contribution is 2.37. The quantitative estimate of drug-likeness (QED) is 0.129. The Labute approximate surface area is 257 Å². The SMILES string of the molecule is CC(C)c1cccc(C(C)C)c1-n1c(CN[C@@H](C)[c-]2cccc2P(c2ccccc2)c2ccccc2)nc2ccccc21. The van der Waals surface area contributed by atoms with Crippen LogP contribution >= 0.6 is 7.92 Å². The molecule has 0 spiro atoms. The van der Waals surface area contributed by atoms with Crippen LogP contribution in [0.4, 0.5) is 0 Å². The van der Waals surface area contributed by atoms with Gasteiger partial charge < -0.3 is 5.32 Å². The molecule has 0 unspecified atom stereocenters. The number of nitrogens with one attached hydrogen (secondary N) is 1. The first-order valence-corrected chi connectivity index (χ1v) is 16.8. The maximum absolute atomic E-state index is 5.20. The molecular weight excluding hydrogens is 541 g/mol. The van der Waals surface area contributed by atoms with E-state index in [2.05, 4.69) is 166 Å². The van der Waals surface area contributed by atoms with Crippen molar-refractivity contribution < 1.29 is 0 Å². The van der Waals surface area contributed by atoms with E-state index in [1.807, 2.05) is 0 Å². The van der Waals surface area contributed by atoms with Crippen molar-refractivity contribution in [1.29, 1.82) is 0 Å². The standard InChI is InChI=1S/C39H41N3P/c1-27(2)32-20-14-21-33(28(3)4)39(32)42-36-24-13-12-23-35(36)41-38(42)26-40-29(5)34-22-15-25-37(34)43(30-16-8-6-9-17-30)31-18-10-7-11-19-31/h6-25,27-29,40H,26H2,1-5H3/q-1/t29-/m0/s1. The van der Waals surface area contributed by atoms with Crippen LogP contribution in [-0.4, -0.2) is 9.55 Å². The van der Waals surface area contributed by atoms with Crippen LogP contribution in [0, 0.1) is 0 Å². The minimum Gasteiger partial charge on any atom is -0.314 e. The Bertz CT molecular complexity index is 1730. The van der Waals surface area contributed by atoms with Crippen LogP contribution in [0.2, 0.25) is 0 Å². The lowest BCUT2D eigenvalue weighted by Gasteiger charge is -2.28. The van der Waals surface area contributed by atoms with E-state index >= 15 is 0 Å². The van der Waals surface area contributed by atoms with E-state index in [4.69, 9.17) is 4.98 Å². The van der Waals surface area contributed by atoms with Crippen molar-refractivity contribution in [1.82, 2.24) is 14.9 Å². The Kier molecular flexibility index (Phi) is 8.66. The summed E-state index contributed by atoms with van der Waals surface area (Å²) in [6.07, 6.45) is 0. The van der Waals surface area contributed by atoms with Gasteiger partial charge in [-0.1, -0.05) is 126 Å². The van der Waals surface area contributed by atoms with Gasteiger partial charge in [-0.05, 0) is 59.7 Å². The molecule has 1 aromatic heterocycles. The molecule has 1 atom stereocenters. The zero-order valence-corrected chi connectivity index (χ0v) is 26.7. The van der Waals surface area contributed by atoms with Gasteiger partial charge >= 0.3 is 0 Å². The predicted octanol–water partition coefficient (Wildman–Crippen LogP) is 8.60. The molecule has 3 nitrogen and oxygen atoms in total. The van der Waals surface area contributed by atoms with Crippen molar-refractivity contribution in [3.05, 3.63) is 144 Å². The minimum atomic E-state index is -0.670. The van der Waals surface area contributed by atoms with Crippen LogP contribution in [0.3, 0.4) is 0 Å². The number of rotatable bonds is 10. The van der Waals surface area contributed by atoms with Gasteiger partial charge in [0.15, 0.2) is 0 Å². The summed E-state index contributed by atoms with van der Waals surface area (Å²) < 4.78 is 2.42. The first kappa shape index (κ1) is 29.2. The lowest BCUT2D eigenvalue weighted by Crippen LogP contribution is -2.27. The lowest BCUT2D eigenvalue weighted by atomic mass is 9.92. The van der Waals surface area contributed by atoms with Gasteiger partial charge in [-0.25, -0.2) is 17.1 Å². The van der Waals surface area contributed by atoms with Crippen molar-refractivity contribution in [3.8, 4) is 5.69 Å². The fourth-order valence-electron chi connectivity index (χ4n) is 6.14. The normalized spacial score (nSPS) is 12.6. The molecule has 1 heterocycles. The van der Waals surface area contributed by atoms with Crippen LogP contribution in [-0.2, 0) is 6.54 Å². The third-order valence-corrected chi connectivity index (χ3v) is 10.8. The Morgan fingerprint density at radius 3 is 1.86 bits per heavy atom. The van der Waals surface area contributed by atoms with Crippen LogP contribution in [0.5, 0.6) is 0 Å². The molecule has 1 N–H and O–H groups in total. The van der Waals surface area contributed by atoms with Crippen molar-refractivity contribution in [2.75, 3.05) is 0 Å². The highest BCUT2D eigenvalue weighted by Gasteiger charge is 2.22. The summed E-state index contributed by atoms with van der Waals surface area (Å²) in [5, 5.41) is 8.05. The first-order valence-electron chi connectivity index (χ1n) is 15.4. The lowest BCUT2D eigenvalue weighted by molar-refractivity contribution is 0.558. The minimum absolute atomic E-state index is 0.153. The van der Waals surface area contributed by atoms with E-state index < -0.39 is 7.92 Å². The number of fused-ring (bicyclic) bond motifs is 1. The zero-order valence-electron chi connectivity index (χ0n) is 25.8. The average Bonchev–Trinajstić information content (AvgIpc) is 3.65. The number of hydrogen-bond acceptors (Lipinski definition) is 2. The molecule has 0 fully saturated rings. The monoisotopic (exact) mass is 582 g/mol. The highest BCUT2D eigenvalue weighted by atomic mass is 31.1. The fourth-order valence-corrected chi connectivity index (χ4v) is 8.70. The molecule has 0 saturated carbocycles. The zero-order chi connectivity index (χ0) is 29.9. The maximum Gasteiger partial charge on any atom is 0.128 e. The number of benzene rings is 4. The van der Waals surface area contributed by atoms with Crippen LogP contribution < -0.4 is 21.2 Å². The number of para-hydroxylation sites is 3. The number of hydrogen-bond donors (Lipinski definition) is 1. The molecule has 4 heteroatoms.